The molecule has 4 bridgehead atoms. The van der Waals surface area contributed by atoms with Crippen molar-refractivity contribution in [1.29, 1.82) is 0 Å². The van der Waals surface area contributed by atoms with Crippen molar-refractivity contribution in [3.63, 3.8) is 0 Å². The van der Waals surface area contributed by atoms with Crippen LogP contribution in [-0.2, 0) is 0 Å². The molecular formula is C13H22. The largest absolute Gasteiger partial charge is 0.0620 e. The molecule has 4 aliphatic carbocycles. The van der Waals surface area contributed by atoms with Crippen LogP contribution in [-0.4, -0.2) is 0 Å². The third kappa shape index (κ3) is 0.926. The fourth-order valence-electron chi connectivity index (χ4n) is 4.86. The van der Waals surface area contributed by atoms with E-state index in [4.69, 9.17) is 0 Å². The Hall–Kier alpha value is 0. The molecule has 0 amide bonds. The first-order valence-corrected chi connectivity index (χ1v) is 6.10. The molecule has 4 aliphatic rings. The fourth-order valence-corrected chi connectivity index (χ4v) is 4.86. The van der Waals surface area contributed by atoms with Crippen molar-refractivity contribution in [2.45, 2.75) is 46.5 Å². The lowest BCUT2D eigenvalue weighted by molar-refractivity contribution is -0.122. The van der Waals surface area contributed by atoms with E-state index in [1.54, 1.807) is 25.7 Å². The summed E-state index contributed by atoms with van der Waals surface area (Å²) < 4.78 is 0. The third-order valence-corrected chi connectivity index (χ3v) is 5.96. The second-order valence-corrected chi connectivity index (χ2v) is 6.46. The smallest absolute Gasteiger partial charge is 0.0292 e. The zero-order chi connectivity index (χ0) is 9.22. The van der Waals surface area contributed by atoms with Crippen LogP contribution in [0.1, 0.15) is 46.5 Å². The second-order valence-electron chi connectivity index (χ2n) is 6.46. The predicted octanol–water partition coefficient (Wildman–Crippen LogP) is 3.71. The van der Waals surface area contributed by atoms with Gasteiger partial charge in [-0.3, -0.25) is 0 Å². The lowest BCUT2D eigenvalue weighted by Gasteiger charge is -2.62. The minimum atomic E-state index is 0.739. The van der Waals surface area contributed by atoms with Crippen molar-refractivity contribution >= 4 is 0 Å². The molecule has 0 heteroatoms. The molecule has 0 saturated heterocycles. The summed E-state index contributed by atoms with van der Waals surface area (Å²) in [4.78, 5) is 0. The van der Waals surface area contributed by atoms with Gasteiger partial charge in [0.2, 0.25) is 0 Å². The first-order valence-electron chi connectivity index (χ1n) is 6.10. The Kier molecular flexibility index (Phi) is 1.49. The van der Waals surface area contributed by atoms with Crippen LogP contribution >= 0.6 is 0 Å². The molecule has 0 radical (unpaired) electrons. The summed E-state index contributed by atoms with van der Waals surface area (Å²) in [5, 5.41) is 0. The van der Waals surface area contributed by atoms with Crippen molar-refractivity contribution in [1.82, 2.24) is 0 Å². The summed E-state index contributed by atoms with van der Waals surface area (Å²) in [6.07, 6.45) is 6.22. The van der Waals surface area contributed by atoms with Crippen LogP contribution < -0.4 is 0 Å². The standard InChI is InChI=1S/C13H22/c1-8-11-4-10-5-12(8)7-13(3,6-11)9(10)2/h8-12H,4-7H2,1-3H3. The van der Waals surface area contributed by atoms with Crippen LogP contribution in [0, 0.1) is 35.0 Å². The molecule has 0 spiro atoms. The molecule has 0 N–H and O–H groups in total. The molecule has 0 aromatic heterocycles. The Morgan fingerprint density at radius 1 is 0.923 bits per heavy atom. The molecule has 4 fully saturated rings. The maximum Gasteiger partial charge on any atom is -0.0292 e. The van der Waals surface area contributed by atoms with Gasteiger partial charge in [0.05, 0.1) is 0 Å². The highest BCUT2D eigenvalue weighted by atomic mass is 14.6. The summed E-state index contributed by atoms with van der Waals surface area (Å²) in [6.45, 7) is 7.60. The molecule has 0 heterocycles. The molecule has 3 atom stereocenters. The molecular weight excluding hydrogens is 156 g/mol. The Balaban J connectivity index is 1.97. The molecule has 3 unspecified atom stereocenters. The van der Waals surface area contributed by atoms with Gasteiger partial charge < -0.3 is 0 Å². The summed E-state index contributed by atoms with van der Waals surface area (Å²) in [5.41, 5.74) is 0.739. The highest BCUT2D eigenvalue weighted by Gasteiger charge is 2.55. The van der Waals surface area contributed by atoms with Crippen molar-refractivity contribution in [2.24, 2.45) is 35.0 Å². The van der Waals surface area contributed by atoms with E-state index < -0.39 is 0 Å². The van der Waals surface area contributed by atoms with E-state index in [9.17, 15) is 0 Å². The maximum absolute atomic E-state index is 2.56. The summed E-state index contributed by atoms with van der Waals surface area (Å²) in [6, 6.07) is 0. The van der Waals surface area contributed by atoms with Gasteiger partial charge >= 0.3 is 0 Å². The SMILES string of the molecule is CC1C2CC3CC1CC(C)(C2)C3C. The van der Waals surface area contributed by atoms with Crippen LogP contribution in [0.15, 0.2) is 0 Å². The first kappa shape index (κ1) is 8.32. The molecule has 4 saturated carbocycles. The normalized spacial score (nSPS) is 64.4. The average molecular weight is 178 g/mol. The maximum atomic E-state index is 2.56. The Bertz CT molecular complexity index is 214. The van der Waals surface area contributed by atoms with Gasteiger partial charge in [-0.1, -0.05) is 20.8 Å². The van der Waals surface area contributed by atoms with E-state index in [2.05, 4.69) is 20.8 Å². The molecule has 0 nitrogen and oxygen atoms in total. The summed E-state index contributed by atoms with van der Waals surface area (Å²) in [7, 11) is 0. The van der Waals surface area contributed by atoms with Gasteiger partial charge in [-0.2, -0.15) is 0 Å². The van der Waals surface area contributed by atoms with Gasteiger partial charge in [0, 0.05) is 0 Å². The predicted molar refractivity (Wildman–Crippen MR) is 55.4 cm³/mol. The Morgan fingerprint density at radius 2 is 1.46 bits per heavy atom. The highest BCUT2D eigenvalue weighted by molar-refractivity contribution is 5.04. The van der Waals surface area contributed by atoms with Crippen molar-refractivity contribution < 1.29 is 0 Å². The number of hydrogen-bond donors (Lipinski definition) is 0. The zero-order valence-electron chi connectivity index (χ0n) is 9.22. The monoisotopic (exact) mass is 178 g/mol. The topological polar surface area (TPSA) is 0 Å². The average Bonchev–Trinajstić information content (AvgIpc) is 2.05. The van der Waals surface area contributed by atoms with E-state index >= 15 is 0 Å². The van der Waals surface area contributed by atoms with Gasteiger partial charge in [0.25, 0.3) is 0 Å². The van der Waals surface area contributed by atoms with E-state index in [-0.39, 0.29) is 0 Å². The molecule has 4 rings (SSSR count). The van der Waals surface area contributed by atoms with Crippen LogP contribution in [0.5, 0.6) is 0 Å². The van der Waals surface area contributed by atoms with E-state index in [1.165, 1.54) is 0 Å². The molecule has 0 aromatic carbocycles. The fraction of sp³-hybridized carbons (Fsp3) is 1.00. The van der Waals surface area contributed by atoms with Crippen LogP contribution in [0.4, 0.5) is 0 Å². The van der Waals surface area contributed by atoms with Crippen molar-refractivity contribution in [2.75, 3.05) is 0 Å². The zero-order valence-corrected chi connectivity index (χ0v) is 9.22. The Labute approximate surface area is 82.1 Å². The van der Waals surface area contributed by atoms with Gasteiger partial charge in [0.15, 0.2) is 0 Å². The summed E-state index contributed by atoms with van der Waals surface area (Å²) in [5.74, 6) is 5.36. The quantitative estimate of drug-likeness (QED) is 0.530. The third-order valence-electron chi connectivity index (χ3n) is 5.96. The van der Waals surface area contributed by atoms with Gasteiger partial charge in [-0.15, -0.1) is 0 Å². The van der Waals surface area contributed by atoms with Crippen LogP contribution in [0.25, 0.3) is 0 Å². The van der Waals surface area contributed by atoms with Crippen molar-refractivity contribution in [3.05, 3.63) is 0 Å². The first-order chi connectivity index (χ1) is 6.10. The number of hydrogen-bond acceptors (Lipinski definition) is 0. The van der Waals surface area contributed by atoms with Gasteiger partial charge in [0.1, 0.15) is 0 Å². The molecule has 0 aliphatic heterocycles. The van der Waals surface area contributed by atoms with E-state index in [1.807, 2.05) is 0 Å². The lowest BCUT2D eigenvalue weighted by atomic mass is 9.43. The molecule has 0 aromatic rings. The Morgan fingerprint density at radius 3 is 1.92 bits per heavy atom. The van der Waals surface area contributed by atoms with E-state index in [0.29, 0.717) is 0 Å². The summed E-state index contributed by atoms with van der Waals surface area (Å²) >= 11 is 0. The van der Waals surface area contributed by atoms with Crippen LogP contribution in [0.2, 0.25) is 0 Å². The van der Waals surface area contributed by atoms with Gasteiger partial charge in [-0.05, 0) is 60.7 Å². The number of rotatable bonds is 0. The minimum Gasteiger partial charge on any atom is -0.0620 e. The molecule has 13 heavy (non-hydrogen) atoms. The molecule has 74 valence electrons. The van der Waals surface area contributed by atoms with Crippen molar-refractivity contribution in [3.8, 4) is 0 Å². The van der Waals surface area contributed by atoms with Crippen LogP contribution in [0.3, 0.4) is 0 Å². The van der Waals surface area contributed by atoms with E-state index in [0.717, 1.165) is 35.0 Å². The highest BCUT2D eigenvalue weighted by Crippen LogP contribution is 2.64. The minimum absolute atomic E-state index is 0.739. The second kappa shape index (κ2) is 2.32. The van der Waals surface area contributed by atoms with Gasteiger partial charge in [-0.25, -0.2) is 0 Å². The lowest BCUT2D eigenvalue weighted by Crippen LogP contribution is -2.53.